The van der Waals surface area contributed by atoms with Gasteiger partial charge in [0.05, 0.1) is 6.04 Å². The van der Waals surface area contributed by atoms with E-state index in [4.69, 9.17) is 9.73 Å². The Morgan fingerprint density at radius 3 is 2.08 bits per heavy atom. The zero-order valence-electron chi connectivity index (χ0n) is 15.7. The fourth-order valence-corrected chi connectivity index (χ4v) is 7.33. The van der Waals surface area contributed by atoms with E-state index in [1.54, 1.807) is 0 Å². The molecule has 4 rings (SSSR count). The van der Waals surface area contributed by atoms with Crippen molar-refractivity contribution in [2.24, 2.45) is 16.8 Å². The minimum absolute atomic E-state index is 0.339. The lowest BCUT2D eigenvalue weighted by Gasteiger charge is -2.29. The maximum absolute atomic E-state index is 6.12. The molecule has 3 atom stereocenters. The van der Waals surface area contributed by atoms with E-state index in [1.165, 1.54) is 29.9 Å². The summed E-state index contributed by atoms with van der Waals surface area (Å²) in [5.74, 6) is 2.08. The number of hydrogen-bond donors (Lipinski definition) is 0. The lowest BCUT2D eigenvalue weighted by atomic mass is 10.1. The summed E-state index contributed by atoms with van der Waals surface area (Å²) < 4.78 is 6.12. The molecule has 2 aliphatic rings. The quantitative estimate of drug-likeness (QED) is 0.701. The van der Waals surface area contributed by atoms with E-state index in [1.807, 2.05) is 0 Å². The van der Waals surface area contributed by atoms with E-state index in [-0.39, 0.29) is 0 Å². The summed E-state index contributed by atoms with van der Waals surface area (Å²) >= 11 is 0. The monoisotopic (exact) mass is 365 g/mol. The molecule has 2 unspecified atom stereocenters. The SMILES string of the molecule is CC(C)C1COC(C2CCC[C@@H]2P(c2ccccc2)c2ccccc2)=N1. The van der Waals surface area contributed by atoms with Crippen molar-refractivity contribution in [1.29, 1.82) is 0 Å². The summed E-state index contributed by atoms with van der Waals surface area (Å²) in [5.41, 5.74) is 0.625. The van der Waals surface area contributed by atoms with Gasteiger partial charge in [0.15, 0.2) is 5.90 Å². The van der Waals surface area contributed by atoms with Crippen LogP contribution in [0.15, 0.2) is 65.7 Å². The zero-order chi connectivity index (χ0) is 17.9. The van der Waals surface area contributed by atoms with Crippen LogP contribution in [0.2, 0.25) is 0 Å². The molecule has 2 aromatic rings. The Kier molecular flexibility index (Phi) is 5.41. The van der Waals surface area contributed by atoms with Crippen molar-refractivity contribution < 1.29 is 4.74 Å². The van der Waals surface area contributed by atoms with Crippen molar-refractivity contribution in [2.75, 3.05) is 6.61 Å². The van der Waals surface area contributed by atoms with Gasteiger partial charge in [0.1, 0.15) is 6.61 Å². The first-order valence-electron chi connectivity index (χ1n) is 9.84. The fourth-order valence-electron chi connectivity index (χ4n) is 4.20. The van der Waals surface area contributed by atoms with Gasteiger partial charge in [-0.1, -0.05) is 80.9 Å². The average Bonchev–Trinajstić information content (AvgIpc) is 3.33. The first kappa shape index (κ1) is 17.7. The van der Waals surface area contributed by atoms with Crippen LogP contribution in [0.4, 0.5) is 0 Å². The topological polar surface area (TPSA) is 21.6 Å². The lowest BCUT2D eigenvalue weighted by Crippen LogP contribution is -2.29. The summed E-state index contributed by atoms with van der Waals surface area (Å²) in [6.45, 7) is 5.26. The Bertz CT molecular complexity index is 704. The summed E-state index contributed by atoms with van der Waals surface area (Å²) in [6.07, 6.45) is 3.77. The van der Waals surface area contributed by atoms with E-state index in [2.05, 4.69) is 74.5 Å². The van der Waals surface area contributed by atoms with Crippen LogP contribution in [0, 0.1) is 11.8 Å². The molecule has 0 N–H and O–H groups in total. The lowest BCUT2D eigenvalue weighted by molar-refractivity contribution is 0.277. The summed E-state index contributed by atoms with van der Waals surface area (Å²) in [5, 5.41) is 2.95. The smallest absolute Gasteiger partial charge is 0.187 e. The zero-order valence-corrected chi connectivity index (χ0v) is 16.6. The van der Waals surface area contributed by atoms with Crippen LogP contribution in [0.5, 0.6) is 0 Å². The predicted molar refractivity (Wildman–Crippen MR) is 112 cm³/mol. The van der Waals surface area contributed by atoms with Gasteiger partial charge < -0.3 is 4.74 Å². The minimum Gasteiger partial charge on any atom is -0.478 e. The van der Waals surface area contributed by atoms with Crippen LogP contribution < -0.4 is 10.6 Å². The highest BCUT2D eigenvalue weighted by Crippen LogP contribution is 2.51. The Balaban J connectivity index is 1.68. The predicted octanol–water partition coefficient (Wildman–Crippen LogP) is 4.74. The number of rotatable bonds is 5. The number of hydrogen-bond acceptors (Lipinski definition) is 2. The van der Waals surface area contributed by atoms with E-state index >= 15 is 0 Å². The fraction of sp³-hybridized carbons (Fsp3) is 0.435. The van der Waals surface area contributed by atoms with Gasteiger partial charge in [0, 0.05) is 5.92 Å². The second-order valence-corrected chi connectivity index (χ2v) is 10.2. The Hall–Kier alpha value is -1.66. The number of benzene rings is 2. The minimum atomic E-state index is -0.398. The number of nitrogens with zero attached hydrogens (tertiary/aromatic N) is 1. The van der Waals surface area contributed by atoms with Gasteiger partial charge in [-0.05, 0) is 42.9 Å². The van der Waals surface area contributed by atoms with Crippen molar-refractivity contribution in [2.45, 2.75) is 44.8 Å². The number of ether oxygens (including phenoxy) is 1. The third-order valence-corrected chi connectivity index (χ3v) is 8.65. The molecular formula is C23H28NOP. The Morgan fingerprint density at radius 1 is 0.923 bits per heavy atom. The molecule has 1 saturated carbocycles. The first-order chi connectivity index (χ1) is 12.7. The molecular weight excluding hydrogens is 337 g/mol. The van der Waals surface area contributed by atoms with Crippen molar-refractivity contribution in [3.63, 3.8) is 0 Å². The maximum Gasteiger partial charge on any atom is 0.187 e. The van der Waals surface area contributed by atoms with Gasteiger partial charge in [0.2, 0.25) is 0 Å². The Morgan fingerprint density at radius 2 is 1.54 bits per heavy atom. The van der Waals surface area contributed by atoms with Crippen molar-refractivity contribution >= 4 is 24.4 Å². The van der Waals surface area contributed by atoms with E-state index in [9.17, 15) is 0 Å². The molecule has 1 aliphatic carbocycles. The first-order valence-corrected chi connectivity index (χ1v) is 11.2. The average molecular weight is 365 g/mol. The van der Waals surface area contributed by atoms with Crippen LogP contribution in [0.25, 0.3) is 0 Å². The van der Waals surface area contributed by atoms with Crippen molar-refractivity contribution in [3.05, 3.63) is 60.7 Å². The van der Waals surface area contributed by atoms with Gasteiger partial charge in [-0.15, -0.1) is 0 Å². The molecule has 1 heterocycles. The summed E-state index contributed by atoms with van der Waals surface area (Å²) in [4.78, 5) is 4.99. The highest BCUT2D eigenvalue weighted by atomic mass is 31.1. The third-order valence-electron chi connectivity index (χ3n) is 5.66. The van der Waals surface area contributed by atoms with E-state index in [0.717, 1.165) is 12.5 Å². The molecule has 0 saturated heterocycles. The van der Waals surface area contributed by atoms with Crippen LogP contribution in [0.1, 0.15) is 33.1 Å². The number of aliphatic imine (C=N–C) groups is 1. The van der Waals surface area contributed by atoms with Crippen LogP contribution in [-0.2, 0) is 4.74 Å². The normalized spacial score (nSPS) is 25.5. The molecule has 136 valence electrons. The summed E-state index contributed by atoms with van der Waals surface area (Å²) in [7, 11) is -0.398. The molecule has 2 nitrogen and oxygen atoms in total. The van der Waals surface area contributed by atoms with Gasteiger partial charge in [-0.25, -0.2) is 4.99 Å². The second kappa shape index (κ2) is 7.92. The van der Waals surface area contributed by atoms with Gasteiger partial charge in [0.25, 0.3) is 0 Å². The molecule has 0 bridgehead atoms. The van der Waals surface area contributed by atoms with Gasteiger partial charge >= 0.3 is 0 Å². The highest BCUT2D eigenvalue weighted by Gasteiger charge is 2.40. The maximum atomic E-state index is 6.12. The largest absolute Gasteiger partial charge is 0.478 e. The van der Waals surface area contributed by atoms with E-state index < -0.39 is 7.92 Å². The molecule has 0 radical (unpaired) electrons. The van der Waals surface area contributed by atoms with Crippen molar-refractivity contribution in [3.8, 4) is 0 Å². The van der Waals surface area contributed by atoms with Crippen LogP contribution >= 0.6 is 7.92 Å². The van der Waals surface area contributed by atoms with E-state index in [0.29, 0.717) is 23.5 Å². The molecule has 26 heavy (non-hydrogen) atoms. The highest BCUT2D eigenvalue weighted by molar-refractivity contribution is 7.73. The molecule has 0 spiro atoms. The van der Waals surface area contributed by atoms with Crippen molar-refractivity contribution in [1.82, 2.24) is 0 Å². The van der Waals surface area contributed by atoms with Crippen LogP contribution in [0.3, 0.4) is 0 Å². The standard InChI is InChI=1S/C23H28NOP/c1-17(2)21-16-25-23(24-21)20-14-9-15-22(20)26(18-10-5-3-6-11-18)19-12-7-4-8-13-19/h3-8,10-13,17,20-22H,9,14-16H2,1-2H3/t20?,21?,22-/m0/s1. The molecule has 1 fully saturated rings. The molecule has 1 aliphatic heterocycles. The summed E-state index contributed by atoms with van der Waals surface area (Å²) in [6, 6.07) is 22.5. The Labute approximate surface area is 158 Å². The van der Waals surface area contributed by atoms with Gasteiger partial charge in [-0.2, -0.15) is 0 Å². The molecule has 0 aromatic heterocycles. The molecule has 0 amide bonds. The third kappa shape index (κ3) is 3.58. The van der Waals surface area contributed by atoms with Crippen LogP contribution in [-0.4, -0.2) is 24.2 Å². The van der Waals surface area contributed by atoms with Gasteiger partial charge in [-0.3, -0.25) is 0 Å². The second-order valence-electron chi connectivity index (χ2n) is 7.74. The molecule has 3 heteroatoms. The molecule has 2 aromatic carbocycles.